The molecule has 0 aliphatic heterocycles. The SMILES string of the molecule is CC1CCC(NS(=O)(=O)c2ccc(F)cc2C#CCO)C1. The van der Waals surface area contributed by atoms with E-state index in [4.69, 9.17) is 5.11 Å². The van der Waals surface area contributed by atoms with Crippen molar-refractivity contribution in [1.82, 2.24) is 4.72 Å². The highest BCUT2D eigenvalue weighted by molar-refractivity contribution is 7.89. The van der Waals surface area contributed by atoms with E-state index in [1.54, 1.807) is 0 Å². The molecule has 114 valence electrons. The lowest BCUT2D eigenvalue weighted by Gasteiger charge is -2.14. The third-order valence-corrected chi connectivity index (χ3v) is 5.13. The van der Waals surface area contributed by atoms with Crippen molar-refractivity contribution in [3.63, 3.8) is 0 Å². The Kier molecular flexibility index (Phi) is 4.99. The van der Waals surface area contributed by atoms with Crippen molar-refractivity contribution in [3.05, 3.63) is 29.6 Å². The van der Waals surface area contributed by atoms with E-state index in [9.17, 15) is 12.8 Å². The molecule has 4 nitrogen and oxygen atoms in total. The van der Waals surface area contributed by atoms with Crippen molar-refractivity contribution < 1.29 is 17.9 Å². The van der Waals surface area contributed by atoms with Crippen LogP contribution in [-0.2, 0) is 10.0 Å². The van der Waals surface area contributed by atoms with Crippen LogP contribution >= 0.6 is 0 Å². The van der Waals surface area contributed by atoms with Crippen molar-refractivity contribution in [1.29, 1.82) is 0 Å². The Morgan fingerprint density at radius 2 is 2.19 bits per heavy atom. The second-order valence-corrected chi connectivity index (χ2v) is 7.02. The summed E-state index contributed by atoms with van der Waals surface area (Å²) in [6.07, 6.45) is 2.60. The molecule has 1 fully saturated rings. The molecule has 2 rings (SSSR count). The lowest BCUT2D eigenvalue weighted by atomic mass is 10.1. The molecular formula is C15H18FNO3S. The summed E-state index contributed by atoms with van der Waals surface area (Å²) in [6.45, 7) is 1.67. The Hall–Kier alpha value is -1.42. The Morgan fingerprint density at radius 3 is 2.81 bits per heavy atom. The highest BCUT2D eigenvalue weighted by Gasteiger charge is 2.27. The van der Waals surface area contributed by atoms with Crippen molar-refractivity contribution in [2.45, 2.75) is 37.1 Å². The predicted molar refractivity (Wildman–Crippen MR) is 77.5 cm³/mol. The average Bonchev–Trinajstić information content (AvgIpc) is 2.80. The number of rotatable bonds is 3. The first-order chi connectivity index (χ1) is 9.92. The monoisotopic (exact) mass is 311 g/mol. The first-order valence-corrected chi connectivity index (χ1v) is 8.32. The van der Waals surface area contributed by atoms with Gasteiger partial charge in [0.05, 0.1) is 4.90 Å². The molecule has 0 amide bonds. The van der Waals surface area contributed by atoms with Gasteiger partial charge >= 0.3 is 0 Å². The van der Waals surface area contributed by atoms with Gasteiger partial charge < -0.3 is 5.11 Å². The normalized spacial score (nSPS) is 21.9. The van der Waals surface area contributed by atoms with Gasteiger partial charge in [-0.05, 0) is 43.4 Å². The molecule has 0 saturated heterocycles. The molecule has 1 aromatic rings. The second-order valence-electron chi connectivity index (χ2n) is 5.34. The quantitative estimate of drug-likeness (QED) is 0.834. The summed E-state index contributed by atoms with van der Waals surface area (Å²) in [5.41, 5.74) is 0.0580. The van der Waals surface area contributed by atoms with E-state index in [2.05, 4.69) is 23.5 Å². The average molecular weight is 311 g/mol. The molecule has 1 aliphatic carbocycles. The van der Waals surface area contributed by atoms with Crippen LogP contribution in [0.3, 0.4) is 0 Å². The Balaban J connectivity index is 2.31. The van der Waals surface area contributed by atoms with Crippen LogP contribution in [0, 0.1) is 23.6 Å². The van der Waals surface area contributed by atoms with Crippen LogP contribution in [0.5, 0.6) is 0 Å². The number of hydrogen-bond acceptors (Lipinski definition) is 3. The maximum absolute atomic E-state index is 13.3. The molecule has 0 heterocycles. The molecule has 0 bridgehead atoms. The van der Waals surface area contributed by atoms with Crippen LogP contribution < -0.4 is 4.72 Å². The number of nitrogens with one attached hydrogen (secondary N) is 1. The minimum absolute atomic E-state index is 0.0515. The van der Waals surface area contributed by atoms with Crippen LogP contribution in [-0.4, -0.2) is 26.2 Å². The highest BCUT2D eigenvalue weighted by Crippen LogP contribution is 2.26. The highest BCUT2D eigenvalue weighted by atomic mass is 32.2. The maximum Gasteiger partial charge on any atom is 0.242 e. The number of aliphatic hydroxyl groups excluding tert-OH is 1. The van der Waals surface area contributed by atoms with Gasteiger partial charge in [0, 0.05) is 11.6 Å². The van der Waals surface area contributed by atoms with Crippen molar-refractivity contribution >= 4 is 10.0 Å². The third kappa shape index (κ3) is 4.03. The molecule has 1 aromatic carbocycles. The number of aliphatic hydroxyl groups is 1. The van der Waals surface area contributed by atoms with Gasteiger partial charge in [-0.2, -0.15) is 0 Å². The van der Waals surface area contributed by atoms with Crippen LogP contribution in [0.4, 0.5) is 4.39 Å². The van der Waals surface area contributed by atoms with Gasteiger partial charge in [0.1, 0.15) is 12.4 Å². The minimum Gasteiger partial charge on any atom is -0.384 e. The van der Waals surface area contributed by atoms with E-state index in [1.165, 1.54) is 6.07 Å². The van der Waals surface area contributed by atoms with E-state index in [1.807, 2.05) is 0 Å². The van der Waals surface area contributed by atoms with E-state index >= 15 is 0 Å². The molecule has 0 spiro atoms. The van der Waals surface area contributed by atoms with E-state index in [-0.39, 0.29) is 16.5 Å². The summed E-state index contributed by atoms with van der Waals surface area (Å²) >= 11 is 0. The summed E-state index contributed by atoms with van der Waals surface area (Å²) in [4.78, 5) is -0.0515. The molecule has 1 aliphatic rings. The van der Waals surface area contributed by atoms with Gasteiger partial charge in [0.15, 0.2) is 0 Å². The molecule has 2 N–H and O–H groups in total. The van der Waals surface area contributed by atoms with E-state index in [0.717, 1.165) is 31.4 Å². The Morgan fingerprint density at radius 1 is 1.43 bits per heavy atom. The van der Waals surface area contributed by atoms with Gasteiger partial charge in [-0.25, -0.2) is 17.5 Å². The standard InChI is InChI=1S/C15H18FNO3S/c1-11-4-6-14(9-11)17-21(19,20)15-7-5-13(16)10-12(15)3-2-8-18/h5,7,10-11,14,17-18H,4,6,8-9H2,1H3. The van der Waals surface area contributed by atoms with Crippen LogP contribution in [0.1, 0.15) is 31.7 Å². The zero-order valence-corrected chi connectivity index (χ0v) is 12.6. The first kappa shape index (κ1) is 16.0. The number of halogens is 1. The molecular weight excluding hydrogens is 293 g/mol. The molecule has 2 unspecified atom stereocenters. The van der Waals surface area contributed by atoms with E-state index in [0.29, 0.717) is 5.92 Å². The topological polar surface area (TPSA) is 66.4 Å². The minimum atomic E-state index is -3.75. The summed E-state index contributed by atoms with van der Waals surface area (Å²) in [7, 11) is -3.75. The van der Waals surface area contributed by atoms with Gasteiger partial charge in [-0.15, -0.1) is 0 Å². The first-order valence-electron chi connectivity index (χ1n) is 6.84. The Labute approximate surface area is 124 Å². The molecule has 2 atom stereocenters. The van der Waals surface area contributed by atoms with Gasteiger partial charge in [0.25, 0.3) is 0 Å². The molecule has 1 saturated carbocycles. The smallest absolute Gasteiger partial charge is 0.242 e. The third-order valence-electron chi connectivity index (χ3n) is 3.55. The van der Waals surface area contributed by atoms with Crippen LogP contribution in [0.2, 0.25) is 0 Å². The van der Waals surface area contributed by atoms with Crippen molar-refractivity contribution in [2.75, 3.05) is 6.61 Å². The molecule has 0 aromatic heterocycles. The van der Waals surface area contributed by atoms with Crippen molar-refractivity contribution in [3.8, 4) is 11.8 Å². The maximum atomic E-state index is 13.3. The number of sulfonamides is 1. The second kappa shape index (κ2) is 6.56. The van der Waals surface area contributed by atoms with Crippen LogP contribution in [0.25, 0.3) is 0 Å². The lowest BCUT2D eigenvalue weighted by Crippen LogP contribution is -2.33. The van der Waals surface area contributed by atoms with Gasteiger partial charge in [0.2, 0.25) is 10.0 Å². The fourth-order valence-electron chi connectivity index (χ4n) is 2.57. The summed E-state index contributed by atoms with van der Waals surface area (Å²) in [5.74, 6) is 4.77. The largest absolute Gasteiger partial charge is 0.384 e. The van der Waals surface area contributed by atoms with Crippen LogP contribution in [0.15, 0.2) is 23.1 Å². The fourth-order valence-corrected chi connectivity index (χ4v) is 3.99. The zero-order chi connectivity index (χ0) is 15.5. The molecule has 6 heteroatoms. The molecule has 21 heavy (non-hydrogen) atoms. The molecule has 0 radical (unpaired) electrons. The number of benzene rings is 1. The summed E-state index contributed by atoms with van der Waals surface area (Å²) < 4.78 is 40.8. The lowest BCUT2D eigenvalue weighted by molar-refractivity contribution is 0.350. The summed E-state index contributed by atoms with van der Waals surface area (Å²) in [5, 5.41) is 8.72. The van der Waals surface area contributed by atoms with E-state index < -0.39 is 22.4 Å². The predicted octanol–water partition coefficient (Wildman–Crippen LogP) is 1.64. The zero-order valence-electron chi connectivity index (χ0n) is 11.8. The number of hydrogen-bond donors (Lipinski definition) is 2. The van der Waals surface area contributed by atoms with Gasteiger partial charge in [-0.3, -0.25) is 0 Å². The fraction of sp³-hybridized carbons (Fsp3) is 0.467. The Bertz CT molecular complexity index is 676. The summed E-state index contributed by atoms with van der Waals surface area (Å²) in [6, 6.07) is 3.27. The van der Waals surface area contributed by atoms with Gasteiger partial charge in [-0.1, -0.05) is 18.8 Å². The van der Waals surface area contributed by atoms with Crippen molar-refractivity contribution in [2.24, 2.45) is 5.92 Å².